The normalized spacial score (nSPS) is 23.3. The molecule has 1 aromatic rings. The minimum absolute atomic E-state index is 0.00981. The van der Waals surface area contributed by atoms with Gasteiger partial charge in [-0.05, 0) is 40.5 Å². The van der Waals surface area contributed by atoms with Crippen LogP contribution in [-0.2, 0) is 11.3 Å². The van der Waals surface area contributed by atoms with E-state index < -0.39 is 0 Å². The van der Waals surface area contributed by atoms with Crippen molar-refractivity contribution in [2.45, 2.75) is 58.7 Å². The number of primary amides is 1. The van der Waals surface area contributed by atoms with Gasteiger partial charge in [-0.1, -0.05) is 5.10 Å². The van der Waals surface area contributed by atoms with E-state index in [9.17, 15) is 4.79 Å². The minimum atomic E-state index is -0.263. The first-order valence-corrected chi connectivity index (χ1v) is 7.39. The third-order valence-corrected chi connectivity index (χ3v) is 3.76. The Morgan fingerprint density at radius 2 is 2.14 bits per heavy atom. The molecule has 1 fully saturated rings. The molecule has 2 rings (SSSR count). The number of anilines is 1. The molecule has 0 saturated carbocycles. The molecular formula is C14H25N5O2. The smallest absolute Gasteiger partial charge is 0.318 e. The number of carbonyl (C=O) groups excluding carboxylic acids is 1. The van der Waals surface area contributed by atoms with E-state index in [2.05, 4.69) is 43.2 Å². The Morgan fingerprint density at radius 3 is 2.76 bits per heavy atom. The predicted octanol–water partition coefficient (Wildman–Crippen LogP) is 1.05. The van der Waals surface area contributed by atoms with Crippen LogP contribution in [0.25, 0.3) is 0 Å². The molecule has 1 aliphatic rings. The lowest BCUT2D eigenvalue weighted by Crippen LogP contribution is -2.46. The highest BCUT2D eigenvalue weighted by Crippen LogP contribution is 2.26. The molecule has 1 aromatic heterocycles. The van der Waals surface area contributed by atoms with Gasteiger partial charge in [0.15, 0.2) is 0 Å². The maximum absolute atomic E-state index is 11.4. The first kappa shape index (κ1) is 15.8. The molecule has 118 valence electrons. The summed E-state index contributed by atoms with van der Waals surface area (Å²) in [7, 11) is 0. The second-order valence-corrected chi connectivity index (χ2v) is 6.76. The molecule has 3 N–H and O–H groups in total. The predicted molar refractivity (Wildman–Crippen MR) is 79.6 cm³/mol. The van der Waals surface area contributed by atoms with Gasteiger partial charge in [-0.25, -0.2) is 0 Å². The molecule has 2 unspecified atom stereocenters. The van der Waals surface area contributed by atoms with Crippen LogP contribution in [-0.4, -0.2) is 34.2 Å². The van der Waals surface area contributed by atoms with Crippen molar-refractivity contribution in [3.63, 3.8) is 0 Å². The molecule has 1 saturated heterocycles. The average Bonchev–Trinajstić information content (AvgIpc) is 2.84. The molecule has 0 aromatic carbocycles. The van der Waals surface area contributed by atoms with Gasteiger partial charge in [0.05, 0.1) is 12.5 Å². The van der Waals surface area contributed by atoms with E-state index in [1.165, 1.54) is 0 Å². The average molecular weight is 295 g/mol. The summed E-state index contributed by atoms with van der Waals surface area (Å²) >= 11 is 0. The molecule has 0 spiro atoms. The summed E-state index contributed by atoms with van der Waals surface area (Å²) in [5.41, 5.74) is 5.40. The van der Waals surface area contributed by atoms with Crippen LogP contribution in [0.2, 0.25) is 0 Å². The lowest BCUT2D eigenvalue weighted by atomic mass is 9.93. The molecule has 2 heterocycles. The summed E-state index contributed by atoms with van der Waals surface area (Å²) in [4.78, 5) is 13.4. The van der Waals surface area contributed by atoms with Crippen molar-refractivity contribution in [3.8, 4) is 0 Å². The third kappa shape index (κ3) is 4.17. The van der Waals surface area contributed by atoms with Gasteiger partial charge in [0.1, 0.15) is 0 Å². The number of aromatic nitrogens is 2. The highest BCUT2D eigenvalue weighted by atomic mass is 16.4. The molecule has 0 aliphatic carbocycles. The van der Waals surface area contributed by atoms with Crippen LogP contribution >= 0.6 is 0 Å². The molecule has 1 amide bonds. The molecular weight excluding hydrogens is 270 g/mol. The Balaban J connectivity index is 2.03. The summed E-state index contributed by atoms with van der Waals surface area (Å²) < 4.78 is 5.71. The number of nitrogens with one attached hydrogen (secondary N) is 1. The van der Waals surface area contributed by atoms with Crippen molar-refractivity contribution < 1.29 is 9.21 Å². The fraction of sp³-hybridized carbons (Fsp3) is 0.786. The molecule has 21 heavy (non-hydrogen) atoms. The Morgan fingerprint density at radius 1 is 1.43 bits per heavy atom. The molecule has 0 radical (unpaired) electrons. The van der Waals surface area contributed by atoms with Crippen molar-refractivity contribution in [2.24, 2.45) is 11.7 Å². The Hall–Kier alpha value is -1.63. The number of carbonyl (C=O) groups is 1. The second-order valence-electron chi connectivity index (χ2n) is 6.76. The van der Waals surface area contributed by atoms with Gasteiger partial charge in [-0.15, -0.1) is 5.10 Å². The lowest BCUT2D eigenvalue weighted by molar-refractivity contribution is -0.122. The minimum Gasteiger partial charge on any atom is -0.407 e. The van der Waals surface area contributed by atoms with Crippen molar-refractivity contribution >= 4 is 11.9 Å². The Bertz CT molecular complexity index is 494. The topological polar surface area (TPSA) is 97.3 Å². The van der Waals surface area contributed by atoms with E-state index in [0.717, 1.165) is 12.8 Å². The van der Waals surface area contributed by atoms with E-state index in [1.54, 1.807) is 0 Å². The fourth-order valence-electron chi connectivity index (χ4n) is 2.38. The van der Waals surface area contributed by atoms with E-state index in [1.807, 2.05) is 4.90 Å². The number of piperidine rings is 1. The fourth-order valence-corrected chi connectivity index (χ4v) is 2.38. The van der Waals surface area contributed by atoms with E-state index in [-0.39, 0.29) is 23.4 Å². The Labute approximate surface area is 125 Å². The van der Waals surface area contributed by atoms with Crippen LogP contribution in [0.4, 0.5) is 6.01 Å². The first-order valence-electron chi connectivity index (χ1n) is 7.39. The van der Waals surface area contributed by atoms with Crippen molar-refractivity contribution in [1.82, 2.24) is 15.5 Å². The largest absolute Gasteiger partial charge is 0.407 e. The van der Waals surface area contributed by atoms with Crippen LogP contribution in [0, 0.1) is 5.92 Å². The number of hydrogen-bond donors (Lipinski definition) is 2. The first-order chi connectivity index (χ1) is 9.76. The van der Waals surface area contributed by atoms with Crippen LogP contribution in [0.1, 0.15) is 46.4 Å². The van der Waals surface area contributed by atoms with Crippen molar-refractivity contribution in [3.05, 3.63) is 5.89 Å². The van der Waals surface area contributed by atoms with Crippen LogP contribution in [0.15, 0.2) is 4.42 Å². The van der Waals surface area contributed by atoms with Gasteiger partial charge < -0.3 is 20.4 Å². The standard InChI is InChI=1S/C14H25N5O2/c1-9-5-6-10(12(15)20)8-19(9)13-18-17-11(21-13)7-16-14(2,3)4/h9-10,16H,5-8H2,1-4H3,(H2,15,20). The van der Waals surface area contributed by atoms with Crippen molar-refractivity contribution in [1.29, 1.82) is 0 Å². The number of hydrogen-bond acceptors (Lipinski definition) is 6. The molecule has 7 heteroatoms. The van der Waals surface area contributed by atoms with Gasteiger partial charge in [0.25, 0.3) is 0 Å². The summed E-state index contributed by atoms with van der Waals surface area (Å²) in [6.07, 6.45) is 1.71. The van der Waals surface area contributed by atoms with Gasteiger partial charge in [-0.2, -0.15) is 0 Å². The third-order valence-electron chi connectivity index (χ3n) is 3.76. The van der Waals surface area contributed by atoms with E-state index in [0.29, 0.717) is 25.0 Å². The van der Waals surface area contributed by atoms with E-state index >= 15 is 0 Å². The zero-order valence-corrected chi connectivity index (χ0v) is 13.2. The number of amides is 1. The summed E-state index contributed by atoms with van der Waals surface area (Å²) in [6.45, 7) is 9.40. The van der Waals surface area contributed by atoms with Crippen LogP contribution < -0.4 is 16.0 Å². The number of rotatable bonds is 4. The molecule has 1 aliphatic heterocycles. The van der Waals surface area contributed by atoms with Gasteiger partial charge in [-0.3, -0.25) is 4.79 Å². The van der Waals surface area contributed by atoms with E-state index in [4.69, 9.17) is 10.2 Å². The highest BCUT2D eigenvalue weighted by molar-refractivity contribution is 5.77. The maximum atomic E-state index is 11.4. The van der Waals surface area contributed by atoms with Gasteiger partial charge in [0, 0.05) is 18.1 Å². The SMILES string of the molecule is CC1CCC(C(N)=O)CN1c1nnc(CNC(C)(C)C)o1. The van der Waals surface area contributed by atoms with Gasteiger partial charge in [0.2, 0.25) is 11.8 Å². The lowest BCUT2D eigenvalue weighted by Gasteiger charge is -2.35. The zero-order chi connectivity index (χ0) is 15.6. The monoisotopic (exact) mass is 295 g/mol. The Kier molecular flexibility index (Phi) is 4.51. The second kappa shape index (κ2) is 6.01. The summed E-state index contributed by atoms with van der Waals surface area (Å²) in [5, 5.41) is 11.5. The van der Waals surface area contributed by atoms with Gasteiger partial charge >= 0.3 is 6.01 Å². The van der Waals surface area contributed by atoms with Crippen molar-refractivity contribution in [2.75, 3.05) is 11.4 Å². The number of nitrogens with two attached hydrogens (primary N) is 1. The number of nitrogens with zero attached hydrogens (tertiary/aromatic N) is 3. The zero-order valence-electron chi connectivity index (χ0n) is 13.2. The molecule has 2 atom stereocenters. The van der Waals surface area contributed by atoms with Crippen LogP contribution in [0.5, 0.6) is 0 Å². The van der Waals surface area contributed by atoms with Crippen LogP contribution in [0.3, 0.4) is 0 Å². The highest BCUT2D eigenvalue weighted by Gasteiger charge is 2.31. The summed E-state index contributed by atoms with van der Waals surface area (Å²) in [5.74, 6) is 0.138. The molecule has 7 nitrogen and oxygen atoms in total. The molecule has 0 bridgehead atoms. The maximum Gasteiger partial charge on any atom is 0.318 e. The summed E-state index contributed by atoms with van der Waals surface area (Å²) in [6, 6.07) is 0.739. The quantitative estimate of drug-likeness (QED) is 0.861.